The highest BCUT2D eigenvalue weighted by Gasteiger charge is 2.19. The van der Waals surface area contributed by atoms with Crippen LogP contribution in [0, 0.1) is 0 Å². The minimum Gasteiger partial charge on any atom is -0.508 e. The van der Waals surface area contributed by atoms with Crippen LogP contribution in [0.1, 0.15) is 16.1 Å². The molecule has 0 aliphatic rings. The summed E-state index contributed by atoms with van der Waals surface area (Å²) in [5.41, 5.74) is 1.23. The number of fused-ring (bicyclic) bond motifs is 1. The maximum atomic E-state index is 11.3. The van der Waals surface area contributed by atoms with Crippen molar-refractivity contribution in [1.82, 2.24) is 0 Å². The van der Waals surface area contributed by atoms with Crippen molar-refractivity contribution in [3.05, 3.63) is 59.9 Å². The Hall–Kier alpha value is -2.40. The van der Waals surface area contributed by atoms with E-state index < -0.39 is 5.97 Å². The minimum absolute atomic E-state index is 0.0242. The van der Waals surface area contributed by atoms with Crippen LogP contribution in [0.5, 0.6) is 5.75 Å². The van der Waals surface area contributed by atoms with E-state index in [1.165, 1.54) is 11.8 Å². The molecule has 1 heterocycles. The maximum absolute atomic E-state index is 11.3. The van der Waals surface area contributed by atoms with Crippen molar-refractivity contribution in [1.29, 1.82) is 0 Å². The third kappa shape index (κ3) is 2.73. The summed E-state index contributed by atoms with van der Waals surface area (Å²) in [7, 11) is 0. The first-order valence-corrected chi connectivity index (χ1v) is 7.29. The topological polar surface area (TPSA) is 70.7 Å². The number of phenols is 1. The van der Waals surface area contributed by atoms with Crippen LogP contribution in [0.15, 0.2) is 57.8 Å². The molecule has 0 saturated heterocycles. The molecule has 0 bridgehead atoms. The van der Waals surface area contributed by atoms with Gasteiger partial charge in [-0.25, -0.2) is 4.79 Å². The van der Waals surface area contributed by atoms with E-state index in [0.29, 0.717) is 16.9 Å². The minimum atomic E-state index is -1.07. The molecule has 106 valence electrons. The zero-order valence-corrected chi connectivity index (χ0v) is 11.8. The van der Waals surface area contributed by atoms with Crippen LogP contribution < -0.4 is 0 Å². The van der Waals surface area contributed by atoms with Crippen molar-refractivity contribution in [3.8, 4) is 5.75 Å². The van der Waals surface area contributed by atoms with E-state index in [4.69, 9.17) is 4.42 Å². The fourth-order valence-corrected chi connectivity index (χ4v) is 3.12. The number of benzene rings is 2. The monoisotopic (exact) mass is 300 g/mol. The summed E-state index contributed by atoms with van der Waals surface area (Å²) in [6.07, 6.45) is 0. The number of carboxylic acid groups (broad SMARTS) is 1. The molecule has 0 aliphatic heterocycles. The normalized spacial score (nSPS) is 10.9. The van der Waals surface area contributed by atoms with Crippen molar-refractivity contribution >= 4 is 28.7 Å². The Bertz CT molecular complexity index is 807. The molecule has 5 heteroatoms. The van der Waals surface area contributed by atoms with Gasteiger partial charge in [0.2, 0.25) is 5.76 Å². The van der Waals surface area contributed by atoms with Gasteiger partial charge in [-0.05, 0) is 24.3 Å². The molecule has 4 nitrogen and oxygen atoms in total. The molecule has 3 rings (SSSR count). The van der Waals surface area contributed by atoms with E-state index in [9.17, 15) is 15.0 Å². The zero-order valence-electron chi connectivity index (χ0n) is 10.9. The molecule has 0 radical (unpaired) electrons. The fraction of sp³-hybridized carbons (Fsp3) is 0.0625. The second-order valence-electron chi connectivity index (χ2n) is 4.50. The molecule has 2 aromatic carbocycles. The van der Waals surface area contributed by atoms with Crippen molar-refractivity contribution in [2.75, 3.05) is 0 Å². The van der Waals surface area contributed by atoms with Crippen LogP contribution in [0.4, 0.5) is 0 Å². The Labute approximate surface area is 125 Å². The number of carbonyl (C=O) groups is 1. The number of carboxylic acids is 1. The lowest BCUT2D eigenvalue weighted by molar-refractivity contribution is 0.0664. The number of rotatable bonds is 4. The molecule has 1 aromatic heterocycles. The molecule has 2 N–H and O–H groups in total. The molecule has 0 spiro atoms. The number of para-hydroxylation sites is 1. The Morgan fingerprint density at radius 1 is 1.14 bits per heavy atom. The molecule has 0 fully saturated rings. The van der Waals surface area contributed by atoms with Crippen LogP contribution in [0.3, 0.4) is 0 Å². The summed E-state index contributed by atoms with van der Waals surface area (Å²) < 4.78 is 5.41. The average Bonchev–Trinajstić information content (AvgIpc) is 2.84. The predicted molar refractivity (Wildman–Crippen MR) is 80.8 cm³/mol. The third-order valence-corrected chi connectivity index (χ3v) is 4.11. The molecule has 0 saturated carbocycles. The predicted octanol–water partition coefficient (Wildman–Crippen LogP) is 4.13. The summed E-state index contributed by atoms with van der Waals surface area (Å²) in [6.45, 7) is 0. The summed E-state index contributed by atoms with van der Waals surface area (Å²) in [6, 6.07) is 14.1. The van der Waals surface area contributed by atoms with Gasteiger partial charge >= 0.3 is 5.97 Å². The van der Waals surface area contributed by atoms with Gasteiger partial charge < -0.3 is 14.6 Å². The van der Waals surface area contributed by atoms with Gasteiger partial charge in [0.15, 0.2) is 0 Å². The summed E-state index contributed by atoms with van der Waals surface area (Å²) in [5.74, 6) is -0.445. The first-order valence-electron chi connectivity index (χ1n) is 6.30. The van der Waals surface area contributed by atoms with Gasteiger partial charge in [0.25, 0.3) is 0 Å². The van der Waals surface area contributed by atoms with Gasteiger partial charge in [0.1, 0.15) is 11.3 Å². The Balaban J connectivity index is 1.95. The second kappa shape index (κ2) is 5.54. The first kappa shape index (κ1) is 13.6. The molecular formula is C16H12O4S. The van der Waals surface area contributed by atoms with E-state index >= 15 is 0 Å². The lowest BCUT2D eigenvalue weighted by atomic mass is 10.1. The van der Waals surface area contributed by atoms with E-state index in [0.717, 1.165) is 10.3 Å². The van der Waals surface area contributed by atoms with Crippen molar-refractivity contribution in [2.24, 2.45) is 0 Å². The zero-order chi connectivity index (χ0) is 14.8. The lowest BCUT2D eigenvalue weighted by Gasteiger charge is -2.02. The number of thioether (sulfide) groups is 1. The number of aromatic hydroxyl groups is 1. The highest BCUT2D eigenvalue weighted by atomic mass is 32.2. The summed E-state index contributed by atoms with van der Waals surface area (Å²) >= 11 is 1.46. The number of aromatic carboxylic acids is 1. The summed E-state index contributed by atoms with van der Waals surface area (Å²) in [5, 5.41) is 19.5. The smallest absolute Gasteiger partial charge is 0.372 e. The first-order chi connectivity index (χ1) is 10.1. The Kier molecular flexibility index (Phi) is 3.58. The van der Waals surface area contributed by atoms with Crippen LogP contribution in [-0.4, -0.2) is 16.2 Å². The number of hydrogen-bond donors (Lipinski definition) is 2. The van der Waals surface area contributed by atoms with E-state index in [1.54, 1.807) is 24.3 Å². The SMILES string of the molecule is O=C(O)c1oc2ccccc2c1CSc1cccc(O)c1. The van der Waals surface area contributed by atoms with E-state index in [1.807, 2.05) is 24.3 Å². The lowest BCUT2D eigenvalue weighted by Crippen LogP contribution is -1.97. The van der Waals surface area contributed by atoms with Crippen molar-refractivity contribution in [2.45, 2.75) is 10.6 Å². The summed E-state index contributed by atoms with van der Waals surface area (Å²) in [4.78, 5) is 12.2. The van der Waals surface area contributed by atoms with E-state index in [2.05, 4.69) is 0 Å². The third-order valence-electron chi connectivity index (χ3n) is 3.09. The molecule has 0 amide bonds. The molecule has 3 aromatic rings. The van der Waals surface area contributed by atoms with Gasteiger partial charge in [-0.3, -0.25) is 0 Å². The van der Waals surface area contributed by atoms with Crippen LogP contribution in [-0.2, 0) is 5.75 Å². The molecule has 21 heavy (non-hydrogen) atoms. The van der Waals surface area contributed by atoms with Gasteiger partial charge in [0.05, 0.1) is 0 Å². The van der Waals surface area contributed by atoms with E-state index in [-0.39, 0.29) is 11.5 Å². The Morgan fingerprint density at radius 2 is 1.95 bits per heavy atom. The van der Waals surface area contributed by atoms with Gasteiger partial charge in [-0.1, -0.05) is 24.3 Å². The standard InChI is InChI=1S/C16H12O4S/c17-10-4-3-5-11(8-10)21-9-13-12-6-1-2-7-14(12)20-15(13)16(18)19/h1-8,17H,9H2,(H,18,19). The highest BCUT2D eigenvalue weighted by Crippen LogP contribution is 2.32. The molecule has 0 atom stereocenters. The Morgan fingerprint density at radius 3 is 2.71 bits per heavy atom. The van der Waals surface area contributed by atoms with Gasteiger partial charge in [0, 0.05) is 21.6 Å². The number of phenolic OH excluding ortho intramolecular Hbond substituents is 1. The number of hydrogen-bond acceptors (Lipinski definition) is 4. The quantitative estimate of drug-likeness (QED) is 0.709. The van der Waals surface area contributed by atoms with Crippen LogP contribution >= 0.6 is 11.8 Å². The average molecular weight is 300 g/mol. The van der Waals surface area contributed by atoms with Crippen LogP contribution in [0.25, 0.3) is 11.0 Å². The van der Waals surface area contributed by atoms with Gasteiger partial charge in [-0.15, -0.1) is 11.8 Å². The molecule has 0 unspecified atom stereocenters. The van der Waals surface area contributed by atoms with Crippen molar-refractivity contribution in [3.63, 3.8) is 0 Å². The molecular weight excluding hydrogens is 288 g/mol. The fourth-order valence-electron chi connectivity index (χ4n) is 2.14. The largest absolute Gasteiger partial charge is 0.508 e. The second-order valence-corrected chi connectivity index (χ2v) is 5.55. The maximum Gasteiger partial charge on any atom is 0.372 e. The van der Waals surface area contributed by atoms with Crippen molar-refractivity contribution < 1.29 is 19.4 Å². The van der Waals surface area contributed by atoms with Crippen LogP contribution in [0.2, 0.25) is 0 Å². The highest BCUT2D eigenvalue weighted by molar-refractivity contribution is 7.98. The molecule has 0 aliphatic carbocycles. The number of furan rings is 1. The van der Waals surface area contributed by atoms with Gasteiger partial charge in [-0.2, -0.15) is 0 Å².